The molecule has 236 valence electrons. The predicted molar refractivity (Wildman–Crippen MR) is 208 cm³/mol. The van der Waals surface area contributed by atoms with Gasteiger partial charge in [0, 0.05) is 33.5 Å². The number of hydrogen-bond acceptors (Lipinski definition) is 0. The van der Waals surface area contributed by atoms with Crippen LogP contribution < -0.4 is 0 Å². The van der Waals surface area contributed by atoms with Crippen LogP contribution in [0.2, 0.25) is 0 Å². The molecule has 0 radical (unpaired) electrons. The molecule has 5 aromatic carbocycles. The van der Waals surface area contributed by atoms with Gasteiger partial charge >= 0.3 is 0 Å². The van der Waals surface area contributed by atoms with Gasteiger partial charge in [0.1, 0.15) is 0 Å². The molecule has 0 unspecified atom stereocenters. The molecule has 2 heteroatoms. The summed E-state index contributed by atoms with van der Waals surface area (Å²) in [6, 6.07) is 38.1. The Bertz CT molecular complexity index is 2420. The number of para-hydroxylation sites is 1. The molecule has 7 aromatic rings. The summed E-state index contributed by atoms with van der Waals surface area (Å²) in [6.07, 6.45) is 5.73. The number of aryl methyl sites for hydroxylation is 4. The fourth-order valence-corrected chi connectivity index (χ4v) is 7.23. The first-order chi connectivity index (χ1) is 23.2. The second-order valence-corrected chi connectivity index (χ2v) is 13.0. The number of hydrogen-bond donors (Lipinski definition) is 0. The molecule has 2 nitrogen and oxygen atoms in total. The molecule has 0 atom stereocenters. The molecular formula is C46H42N2. The van der Waals surface area contributed by atoms with Gasteiger partial charge in [0.05, 0.1) is 11.0 Å². The van der Waals surface area contributed by atoms with Crippen LogP contribution in [-0.4, -0.2) is 9.13 Å². The van der Waals surface area contributed by atoms with E-state index in [-0.39, 0.29) is 0 Å². The average Bonchev–Trinajstić information content (AvgIpc) is 3.51. The molecule has 0 saturated heterocycles. The minimum Gasteiger partial charge on any atom is -0.314 e. The van der Waals surface area contributed by atoms with Crippen LogP contribution in [0, 0.1) is 41.5 Å². The lowest BCUT2D eigenvalue weighted by Gasteiger charge is -2.15. The van der Waals surface area contributed by atoms with Crippen molar-refractivity contribution in [3.8, 4) is 39.1 Å². The van der Waals surface area contributed by atoms with E-state index in [4.69, 9.17) is 0 Å². The van der Waals surface area contributed by atoms with Gasteiger partial charge in [-0.3, -0.25) is 0 Å². The van der Waals surface area contributed by atoms with Gasteiger partial charge in [-0.25, -0.2) is 0 Å². The van der Waals surface area contributed by atoms with Crippen molar-refractivity contribution < 1.29 is 0 Å². The van der Waals surface area contributed by atoms with Gasteiger partial charge in [-0.15, -0.1) is 0 Å². The maximum Gasteiger partial charge on any atom is 0.0534 e. The Hall–Kier alpha value is -5.60. The Morgan fingerprint density at radius 2 is 1.06 bits per heavy atom. The van der Waals surface area contributed by atoms with Crippen LogP contribution >= 0.6 is 0 Å². The normalized spacial score (nSPS) is 11.6. The Morgan fingerprint density at radius 3 is 1.65 bits per heavy atom. The summed E-state index contributed by atoms with van der Waals surface area (Å²) >= 11 is 0. The average molecular weight is 623 g/mol. The fourth-order valence-electron chi connectivity index (χ4n) is 7.23. The van der Waals surface area contributed by atoms with Crippen LogP contribution in [0.3, 0.4) is 0 Å². The largest absolute Gasteiger partial charge is 0.314 e. The minimum atomic E-state index is 0.935. The monoisotopic (exact) mass is 622 g/mol. The topological polar surface area (TPSA) is 9.86 Å². The first-order valence-corrected chi connectivity index (χ1v) is 16.7. The standard InChI is InChI=1S/C46H42N2/c1-9-10-14-31(4)47-34(7)32(5)43-27-38(21-23-45(43)47)36-19-17-29(2)41(25-36)42-26-37(20-18-30(42)3)39-22-24-46-44(28-39)33(6)35(8)48(46)40-15-12-11-13-16-40/h9-28H,1,4H2,2-3,5-8H3/b14-10-. The van der Waals surface area contributed by atoms with Gasteiger partial charge in [-0.05, 0) is 152 Å². The SMILES string of the molecule is C=C/C=C\C(=C)n1c(C)c(C)c2cc(-c3ccc(C)c(-c4cc(-c5ccc6c(c5)c(C)c(C)n6-c5ccccc5)ccc4C)c3)ccc21. The number of aromatic nitrogens is 2. The molecule has 0 fully saturated rings. The van der Waals surface area contributed by atoms with E-state index in [0.29, 0.717) is 0 Å². The lowest BCUT2D eigenvalue weighted by atomic mass is 9.90. The van der Waals surface area contributed by atoms with Crippen LogP contribution in [0.25, 0.3) is 66.6 Å². The second-order valence-electron chi connectivity index (χ2n) is 13.0. The van der Waals surface area contributed by atoms with Crippen molar-refractivity contribution in [2.45, 2.75) is 41.5 Å². The minimum absolute atomic E-state index is 0.935. The molecule has 0 aliphatic carbocycles. The van der Waals surface area contributed by atoms with E-state index in [1.54, 1.807) is 6.08 Å². The van der Waals surface area contributed by atoms with Crippen molar-refractivity contribution in [2.24, 2.45) is 0 Å². The van der Waals surface area contributed by atoms with E-state index < -0.39 is 0 Å². The molecule has 0 saturated carbocycles. The number of fused-ring (bicyclic) bond motifs is 2. The molecule has 2 aromatic heterocycles. The Kier molecular flexibility index (Phi) is 7.89. The number of rotatable bonds is 7. The fraction of sp³-hybridized carbons (Fsp3) is 0.130. The number of nitrogens with zero attached hydrogens (tertiary/aromatic N) is 2. The summed E-state index contributed by atoms with van der Waals surface area (Å²) in [7, 11) is 0. The van der Waals surface area contributed by atoms with Crippen molar-refractivity contribution in [1.29, 1.82) is 0 Å². The summed E-state index contributed by atoms with van der Waals surface area (Å²) < 4.78 is 4.61. The van der Waals surface area contributed by atoms with E-state index in [9.17, 15) is 0 Å². The van der Waals surface area contributed by atoms with Crippen molar-refractivity contribution in [2.75, 3.05) is 0 Å². The van der Waals surface area contributed by atoms with E-state index in [0.717, 1.165) is 5.70 Å². The highest BCUT2D eigenvalue weighted by Crippen LogP contribution is 2.38. The molecule has 48 heavy (non-hydrogen) atoms. The van der Waals surface area contributed by atoms with E-state index in [1.165, 1.54) is 94.5 Å². The van der Waals surface area contributed by atoms with Crippen LogP contribution in [0.15, 0.2) is 135 Å². The number of benzene rings is 5. The molecule has 0 amide bonds. The highest BCUT2D eigenvalue weighted by atomic mass is 15.0. The molecule has 0 spiro atoms. The molecule has 2 heterocycles. The first kappa shape index (κ1) is 31.0. The van der Waals surface area contributed by atoms with Crippen LogP contribution in [0.5, 0.6) is 0 Å². The predicted octanol–water partition coefficient (Wildman–Crippen LogP) is 12.6. The third-order valence-corrected chi connectivity index (χ3v) is 10.2. The Balaban J connectivity index is 1.29. The number of allylic oxidation sites excluding steroid dienone is 4. The second kappa shape index (κ2) is 12.2. The first-order valence-electron chi connectivity index (χ1n) is 16.7. The Labute approximate surface area is 284 Å². The zero-order chi connectivity index (χ0) is 33.7. The van der Waals surface area contributed by atoms with Crippen LogP contribution in [-0.2, 0) is 0 Å². The molecule has 0 N–H and O–H groups in total. The molecule has 0 aliphatic rings. The van der Waals surface area contributed by atoms with Crippen molar-refractivity contribution in [1.82, 2.24) is 9.13 Å². The van der Waals surface area contributed by atoms with Crippen molar-refractivity contribution >= 4 is 27.5 Å². The molecular weight excluding hydrogens is 581 g/mol. The zero-order valence-electron chi connectivity index (χ0n) is 28.9. The van der Waals surface area contributed by atoms with Crippen LogP contribution in [0.4, 0.5) is 0 Å². The molecule has 0 aliphatic heterocycles. The third-order valence-electron chi connectivity index (χ3n) is 10.2. The summed E-state index contributed by atoms with van der Waals surface area (Å²) in [4.78, 5) is 0. The van der Waals surface area contributed by atoms with Gasteiger partial charge < -0.3 is 9.13 Å². The van der Waals surface area contributed by atoms with Crippen molar-refractivity contribution in [3.05, 3.63) is 168 Å². The summed E-state index contributed by atoms with van der Waals surface area (Å²) in [5, 5.41) is 2.55. The third kappa shape index (κ3) is 5.15. The quantitative estimate of drug-likeness (QED) is 0.157. The van der Waals surface area contributed by atoms with Crippen LogP contribution in [0.1, 0.15) is 33.6 Å². The lowest BCUT2D eigenvalue weighted by molar-refractivity contribution is 1.04. The van der Waals surface area contributed by atoms with E-state index in [2.05, 4.69) is 167 Å². The maximum absolute atomic E-state index is 4.32. The molecule has 7 rings (SSSR count). The molecule has 0 bridgehead atoms. The van der Waals surface area contributed by atoms with Gasteiger partial charge in [-0.2, -0.15) is 0 Å². The lowest BCUT2D eigenvalue weighted by Crippen LogP contribution is -1.96. The zero-order valence-corrected chi connectivity index (χ0v) is 28.9. The van der Waals surface area contributed by atoms with E-state index >= 15 is 0 Å². The van der Waals surface area contributed by atoms with Gasteiger partial charge in [0.2, 0.25) is 0 Å². The summed E-state index contributed by atoms with van der Waals surface area (Å²) in [5.74, 6) is 0. The van der Waals surface area contributed by atoms with Crippen molar-refractivity contribution in [3.63, 3.8) is 0 Å². The van der Waals surface area contributed by atoms with Gasteiger partial charge in [0.15, 0.2) is 0 Å². The summed E-state index contributed by atoms with van der Waals surface area (Å²) in [6.45, 7) is 21.4. The summed E-state index contributed by atoms with van der Waals surface area (Å²) in [5.41, 5.74) is 19.6. The van der Waals surface area contributed by atoms with Gasteiger partial charge in [-0.1, -0.05) is 79.9 Å². The Morgan fingerprint density at radius 1 is 0.562 bits per heavy atom. The highest BCUT2D eigenvalue weighted by Gasteiger charge is 2.16. The van der Waals surface area contributed by atoms with E-state index in [1.807, 2.05) is 12.2 Å². The smallest absolute Gasteiger partial charge is 0.0534 e. The highest BCUT2D eigenvalue weighted by molar-refractivity contribution is 5.94. The van der Waals surface area contributed by atoms with Gasteiger partial charge in [0.25, 0.3) is 0 Å². The maximum atomic E-state index is 4.32.